The minimum absolute atomic E-state index is 0.371. The predicted molar refractivity (Wildman–Crippen MR) is 75.2 cm³/mol. The molecule has 0 saturated carbocycles. The zero-order valence-corrected chi connectivity index (χ0v) is 11.1. The fourth-order valence-electron chi connectivity index (χ4n) is 2.74. The number of aromatic nitrogens is 2. The second-order valence-corrected chi connectivity index (χ2v) is 4.90. The van der Waals surface area contributed by atoms with Crippen molar-refractivity contribution >= 4 is 0 Å². The van der Waals surface area contributed by atoms with Gasteiger partial charge in [-0.3, -0.25) is 5.10 Å². The third kappa shape index (κ3) is 2.36. The molecular weight excluding hydrogens is 238 g/mol. The molecule has 100 valence electrons. The number of para-hydroxylation sites is 1. The lowest BCUT2D eigenvalue weighted by atomic mass is 9.96. The Morgan fingerprint density at radius 3 is 2.89 bits per heavy atom. The van der Waals surface area contributed by atoms with E-state index in [9.17, 15) is 0 Å². The molecule has 0 spiro atoms. The van der Waals surface area contributed by atoms with Crippen molar-refractivity contribution in [2.24, 2.45) is 0 Å². The number of benzene rings is 1. The number of piperidine rings is 1. The standard InChI is InChI=1S/C15H19N3O/c1-19-14-8-3-2-6-11(14)12-10-17-18-15(12)13-7-4-5-9-16-13/h2-3,6,8,10,13,16H,4-5,7,9H2,1H3,(H,17,18). The van der Waals surface area contributed by atoms with Gasteiger partial charge in [-0.2, -0.15) is 5.10 Å². The molecule has 0 amide bonds. The minimum Gasteiger partial charge on any atom is -0.496 e. The fraction of sp³-hybridized carbons (Fsp3) is 0.400. The first-order valence-electron chi connectivity index (χ1n) is 6.80. The van der Waals surface area contributed by atoms with Crippen LogP contribution in [0.2, 0.25) is 0 Å². The summed E-state index contributed by atoms with van der Waals surface area (Å²) >= 11 is 0. The molecule has 4 heteroatoms. The van der Waals surface area contributed by atoms with Crippen LogP contribution in [0, 0.1) is 0 Å². The van der Waals surface area contributed by atoms with Crippen molar-refractivity contribution in [1.82, 2.24) is 15.5 Å². The summed E-state index contributed by atoms with van der Waals surface area (Å²) in [7, 11) is 1.71. The molecule has 1 saturated heterocycles. The quantitative estimate of drug-likeness (QED) is 0.889. The van der Waals surface area contributed by atoms with Gasteiger partial charge in [-0.25, -0.2) is 0 Å². The predicted octanol–water partition coefficient (Wildman–Crippen LogP) is 2.90. The summed E-state index contributed by atoms with van der Waals surface area (Å²) in [4.78, 5) is 0. The zero-order chi connectivity index (χ0) is 13.1. The smallest absolute Gasteiger partial charge is 0.126 e. The Bertz CT molecular complexity index is 544. The summed E-state index contributed by atoms with van der Waals surface area (Å²) < 4.78 is 5.45. The van der Waals surface area contributed by atoms with Crippen LogP contribution >= 0.6 is 0 Å². The van der Waals surface area contributed by atoms with Gasteiger partial charge < -0.3 is 10.1 Å². The van der Waals surface area contributed by atoms with Gasteiger partial charge >= 0.3 is 0 Å². The number of rotatable bonds is 3. The molecular formula is C15H19N3O. The lowest BCUT2D eigenvalue weighted by molar-refractivity contribution is 0.404. The maximum atomic E-state index is 5.45. The highest BCUT2D eigenvalue weighted by Gasteiger charge is 2.21. The first-order valence-corrected chi connectivity index (χ1v) is 6.80. The summed E-state index contributed by atoms with van der Waals surface area (Å²) in [6, 6.07) is 8.46. The van der Waals surface area contributed by atoms with Crippen LogP contribution < -0.4 is 10.1 Å². The molecule has 1 aromatic carbocycles. The molecule has 3 rings (SSSR count). The number of hydrogen-bond acceptors (Lipinski definition) is 3. The molecule has 2 heterocycles. The van der Waals surface area contributed by atoms with Crippen molar-refractivity contribution in [1.29, 1.82) is 0 Å². The van der Waals surface area contributed by atoms with Gasteiger partial charge in [0.2, 0.25) is 0 Å². The number of H-pyrrole nitrogens is 1. The van der Waals surface area contributed by atoms with E-state index in [0.29, 0.717) is 6.04 Å². The normalized spacial score (nSPS) is 19.3. The lowest BCUT2D eigenvalue weighted by Gasteiger charge is -2.23. The van der Waals surface area contributed by atoms with E-state index < -0.39 is 0 Å². The van der Waals surface area contributed by atoms with E-state index in [2.05, 4.69) is 21.6 Å². The van der Waals surface area contributed by atoms with E-state index >= 15 is 0 Å². The van der Waals surface area contributed by atoms with E-state index in [4.69, 9.17) is 4.74 Å². The summed E-state index contributed by atoms with van der Waals surface area (Å²) in [6.07, 6.45) is 5.57. The average molecular weight is 257 g/mol. The van der Waals surface area contributed by atoms with E-state index in [1.165, 1.54) is 18.5 Å². The zero-order valence-electron chi connectivity index (χ0n) is 11.1. The number of nitrogens with one attached hydrogen (secondary N) is 2. The van der Waals surface area contributed by atoms with Crippen molar-refractivity contribution in [3.05, 3.63) is 36.2 Å². The van der Waals surface area contributed by atoms with Gasteiger partial charge in [0.1, 0.15) is 5.75 Å². The maximum absolute atomic E-state index is 5.45. The van der Waals surface area contributed by atoms with Crippen LogP contribution in [0.25, 0.3) is 11.1 Å². The van der Waals surface area contributed by atoms with Crippen molar-refractivity contribution in [2.75, 3.05) is 13.7 Å². The van der Waals surface area contributed by atoms with Gasteiger partial charge in [-0.1, -0.05) is 24.6 Å². The van der Waals surface area contributed by atoms with Crippen molar-refractivity contribution in [3.63, 3.8) is 0 Å². The molecule has 0 aliphatic carbocycles. The third-order valence-electron chi connectivity index (χ3n) is 3.72. The number of methoxy groups -OCH3 is 1. The highest BCUT2D eigenvalue weighted by molar-refractivity contribution is 5.72. The molecule has 2 aromatic rings. The molecule has 0 radical (unpaired) electrons. The molecule has 19 heavy (non-hydrogen) atoms. The second kappa shape index (κ2) is 5.45. The van der Waals surface area contributed by atoms with Gasteiger partial charge in [0.15, 0.2) is 0 Å². The Balaban J connectivity index is 1.99. The summed E-state index contributed by atoms with van der Waals surface area (Å²) in [5.41, 5.74) is 3.40. The minimum atomic E-state index is 0.371. The Kier molecular flexibility index (Phi) is 3.51. The average Bonchev–Trinajstić information content (AvgIpc) is 2.97. The number of aromatic amines is 1. The van der Waals surface area contributed by atoms with Crippen molar-refractivity contribution in [3.8, 4) is 16.9 Å². The second-order valence-electron chi connectivity index (χ2n) is 4.90. The van der Waals surface area contributed by atoms with Crippen LogP contribution in [0.4, 0.5) is 0 Å². The Labute approximate surface area is 113 Å². The van der Waals surface area contributed by atoms with Gasteiger partial charge in [0.25, 0.3) is 0 Å². The topological polar surface area (TPSA) is 49.9 Å². The third-order valence-corrected chi connectivity index (χ3v) is 3.72. The van der Waals surface area contributed by atoms with Crippen molar-refractivity contribution < 1.29 is 4.74 Å². The molecule has 1 aliphatic heterocycles. The highest BCUT2D eigenvalue weighted by atomic mass is 16.5. The van der Waals surface area contributed by atoms with Crippen LogP contribution in [0.3, 0.4) is 0 Å². The maximum Gasteiger partial charge on any atom is 0.126 e. The molecule has 1 aromatic heterocycles. The summed E-state index contributed by atoms with van der Waals surface area (Å²) in [5, 5.41) is 10.9. The summed E-state index contributed by atoms with van der Waals surface area (Å²) in [6.45, 7) is 1.08. The van der Waals surface area contributed by atoms with Crippen LogP contribution in [0.15, 0.2) is 30.5 Å². The highest BCUT2D eigenvalue weighted by Crippen LogP contribution is 2.35. The molecule has 1 fully saturated rings. The van der Waals surface area contributed by atoms with E-state index in [0.717, 1.165) is 29.8 Å². The number of hydrogen-bond donors (Lipinski definition) is 2. The van der Waals surface area contributed by atoms with Crippen LogP contribution in [-0.4, -0.2) is 23.9 Å². The lowest BCUT2D eigenvalue weighted by Crippen LogP contribution is -2.27. The molecule has 0 bridgehead atoms. The van der Waals surface area contributed by atoms with E-state index in [-0.39, 0.29) is 0 Å². The molecule has 1 aliphatic rings. The first-order chi connectivity index (χ1) is 9.40. The van der Waals surface area contributed by atoms with Crippen LogP contribution in [0.5, 0.6) is 5.75 Å². The first kappa shape index (κ1) is 12.2. The van der Waals surface area contributed by atoms with Gasteiger partial charge in [-0.05, 0) is 25.5 Å². The van der Waals surface area contributed by atoms with E-state index in [1.54, 1.807) is 7.11 Å². The molecule has 2 N–H and O–H groups in total. The Morgan fingerprint density at radius 1 is 1.21 bits per heavy atom. The number of nitrogens with zero attached hydrogens (tertiary/aromatic N) is 1. The molecule has 4 nitrogen and oxygen atoms in total. The van der Waals surface area contributed by atoms with E-state index in [1.807, 2.05) is 24.4 Å². The van der Waals surface area contributed by atoms with Crippen LogP contribution in [0.1, 0.15) is 31.0 Å². The summed E-state index contributed by atoms with van der Waals surface area (Å²) in [5.74, 6) is 0.890. The van der Waals surface area contributed by atoms with Gasteiger partial charge in [0.05, 0.1) is 19.0 Å². The SMILES string of the molecule is COc1ccccc1-c1cn[nH]c1C1CCCCN1. The largest absolute Gasteiger partial charge is 0.496 e. The van der Waals surface area contributed by atoms with Gasteiger partial charge in [0, 0.05) is 17.2 Å². The molecule has 1 atom stereocenters. The Morgan fingerprint density at radius 2 is 2.11 bits per heavy atom. The van der Waals surface area contributed by atoms with Gasteiger partial charge in [-0.15, -0.1) is 0 Å². The Hall–Kier alpha value is -1.81. The van der Waals surface area contributed by atoms with Crippen molar-refractivity contribution in [2.45, 2.75) is 25.3 Å². The molecule has 1 unspecified atom stereocenters. The monoisotopic (exact) mass is 257 g/mol. The number of ether oxygens (including phenoxy) is 1. The fourth-order valence-corrected chi connectivity index (χ4v) is 2.74. The van der Waals surface area contributed by atoms with Crippen LogP contribution in [-0.2, 0) is 0 Å².